The van der Waals surface area contributed by atoms with Crippen LogP contribution in [-0.4, -0.2) is 36.4 Å². The van der Waals surface area contributed by atoms with Gasteiger partial charge in [0.25, 0.3) is 0 Å². The zero-order valence-corrected chi connectivity index (χ0v) is 11.2. The summed E-state index contributed by atoms with van der Waals surface area (Å²) in [4.78, 5) is 23.6. The minimum absolute atomic E-state index is 0.157. The van der Waals surface area contributed by atoms with Crippen molar-refractivity contribution < 1.29 is 14.3 Å². The topological polar surface area (TPSA) is 58.6 Å². The van der Waals surface area contributed by atoms with Crippen molar-refractivity contribution in [2.75, 3.05) is 13.2 Å². The molecule has 5 nitrogen and oxygen atoms in total. The molecule has 0 bridgehead atoms. The van der Waals surface area contributed by atoms with Crippen LogP contribution in [-0.2, 0) is 14.3 Å². The van der Waals surface area contributed by atoms with Crippen LogP contribution in [0.3, 0.4) is 0 Å². The molecule has 104 valence electrons. The van der Waals surface area contributed by atoms with E-state index in [1.165, 1.54) is 0 Å². The maximum atomic E-state index is 11.3. The minimum atomic E-state index is -0.261. The van der Waals surface area contributed by atoms with Gasteiger partial charge in [0.1, 0.15) is 12.4 Å². The van der Waals surface area contributed by atoms with Gasteiger partial charge in [-0.15, -0.1) is 0 Å². The Morgan fingerprint density at radius 3 is 2.84 bits per heavy atom. The van der Waals surface area contributed by atoms with E-state index in [2.05, 4.69) is 23.4 Å². The second-order valence-corrected chi connectivity index (χ2v) is 4.27. The van der Waals surface area contributed by atoms with Gasteiger partial charge in [0.2, 0.25) is 12.3 Å². The number of amides is 2. The first kappa shape index (κ1) is 15.0. The first-order valence-electron chi connectivity index (χ1n) is 6.25. The molecule has 0 radical (unpaired) electrons. The smallest absolute Gasteiger partial charge is 0.226 e. The Morgan fingerprint density at radius 2 is 2.26 bits per heavy atom. The summed E-state index contributed by atoms with van der Waals surface area (Å²) in [6.45, 7) is 10.9. The van der Waals surface area contributed by atoms with E-state index in [1.54, 1.807) is 12.2 Å². The molecule has 1 atom stereocenters. The Kier molecular flexibility index (Phi) is 5.85. The fourth-order valence-corrected chi connectivity index (χ4v) is 2.06. The summed E-state index contributed by atoms with van der Waals surface area (Å²) in [6, 6.07) is 0.157. The minimum Gasteiger partial charge on any atom is -0.490 e. The van der Waals surface area contributed by atoms with Gasteiger partial charge in [-0.05, 0) is 25.5 Å². The molecule has 0 aromatic heterocycles. The van der Waals surface area contributed by atoms with E-state index in [0.29, 0.717) is 31.6 Å². The van der Waals surface area contributed by atoms with Crippen LogP contribution in [0.15, 0.2) is 36.8 Å². The number of nitrogens with zero attached hydrogens (tertiary/aromatic N) is 1. The van der Waals surface area contributed by atoms with Gasteiger partial charge in [-0.1, -0.05) is 13.2 Å². The van der Waals surface area contributed by atoms with Crippen LogP contribution >= 0.6 is 0 Å². The second kappa shape index (κ2) is 7.41. The van der Waals surface area contributed by atoms with Gasteiger partial charge in [-0.25, -0.2) is 0 Å². The van der Waals surface area contributed by atoms with Gasteiger partial charge in [-0.3, -0.25) is 14.9 Å². The van der Waals surface area contributed by atoms with E-state index in [9.17, 15) is 9.59 Å². The zero-order chi connectivity index (χ0) is 14.3. The standard InChI is InChI=1S/C14H20N2O3/c1-4-12-13(5-2)19-9-8-16(12)11(3)6-7-14(18)15-10-17/h4-5,10-11H,1-2,6-9H2,3H3,(H,15,17,18). The van der Waals surface area contributed by atoms with Crippen molar-refractivity contribution >= 4 is 12.3 Å². The highest BCUT2D eigenvalue weighted by molar-refractivity contribution is 5.85. The number of nitrogens with one attached hydrogen (secondary N) is 1. The van der Waals surface area contributed by atoms with Crippen molar-refractivity contribution in [3.05, 3.63) is 36.8 Å². The second-order valence-electron chi connectivity index (χ2n) is 4.27. The fourth-order valence-electron chi connectivity index (χ4n) is 2.06. The average molecular weight is 264 g/mol. The van der Waals surface area contributed by atoms with Gasteiger partial charge in [0.05, 0.1) is 12.2 Å². The molecule has 1 N–H and O–H groups in total. The highest BCUT2D eigenvalue weighted by Gasteiger charge is 2.22. The highest BCUT2D eigenvalue weighted by Crippen LogP contribution is 2.23. The Morgan fingerprint density at radius 1 is 1.53 bits per heavy atom. The van der Waals surface area contributed by atoms with Gasteiger partial charge >= 0.3 is 0 Å². The predicted octanol–water partition coefficient (Wildman–Crippen LogP) is 1.34. The number of ether oxygens (including phenoxy) is 1. The quantitative estimate of drug-likeness (QED) is 0.705. The van der Waals surface area contributed by atoms with E-state index in [-0.39, 0.29) is 11.9 Å². The van der Waals surface area contributed by atoms with Crippen LogP contribution in [0.4, 0.5) is 0 Å². The molecule has 0 saturated heterocycles. The lowest BCUT2D eigenvalue weighted by Crippen LogP contribution is -2.39. The molecule has 0 aromatic carbocycles. The van der Waals surface area contributed by atoms with Crippen LogP contribution in [0.2, 0.25) is 0 Å². The van der Waals surface area contributed by atoms with Gasteiger partial charge < -0.3 is 9.64 Å². The number of allylic oxidation sites excluding steroid dienone is 2. The number of carbonyl (C=O) groups is 2. The Labute approximate surface area is 113 Å². The lowest BCUT2D eigenvalue weighted by molar-refractivity contribution is -0.125. The summed E-state index contributed by atoms with van der Waals surface area (Å²) < 4.78 is 5.50. The predicted molar refractivity (Wildman–Crippen MR) is 73.0 cm³/mol. The Bertz CT molecular complexity index is 401. The monoisotopic (exact) mass is 264 g/mol. The third-order valence-corrected chi connectivity index (χ3v) is 3.07. The maximum Gasteiger partial charge on any atom is 0.226 e. The third-order valence-electron chi connectivity index (χ3n) is 3.07. The molecule has 1 aliphatic heterocycles. The van der Waals surface area contributed by atoms with Crippen LogP contribution in [0.1, 0.15) is 19.8 Å². The molecule has 0 aromatic rings. The first-order valence-corrected chi connectivity index (χ1v) is 6.25. The summed E-state index contributed by atoms with van der Waals surface area (Å²) in [5.74, 6) is 0.452. The van der Waals surface area contributed by atoms with Crippen LogP contribution in [0.5, 0.6) is 0 Å². The van der Waals surface area contributed by atoms with Crippen molar-refractivity contribution in [2.45, 2.75) is 25.8 Å². The van der Waals surface area contributed by atoms with Crippen molar-refractivity contribution in [1.29, 1.82) is 0 Å². The van der Waals surface area contributed by atoms with E-state index in [1.807, 2.05) is 6.92 Å². The molecule has 0 saturated carbocycles. The Balaban J connectivity index is 2.67. The molecule has 1 rings (SSSR count). The van der Waals surface area contributed by atoms with Gasteiger partial charge in [-0.2, -0.15) is 0 Å². The Hall–Kier alpha value is -2.04. The molecule has 5 heteroatoms. The SMILES string of the molecule is C=CC1=C(C=C)N(C(C)CCC(=O)NC=O)CCO1. The molecule has 0 fully saturated rings. The largest absolute Gasteiger partial charge is 0.490 e. The van der Waals surface area contributed by atoms with Gasteiger partial charge in [0.15, 0.2) is 0 Å². The zero-order valence-electron chi connectivity index (χ0n) is 11.2. The van der Waals surface area contributed by atoms with E-state index in [4.69, 9.17) is 4.74 Å². The molecule has 2 amide bonds. The van der Waals surface area contributed by atoms with E-state index < -0.39 is 0 Å². The molecule has 1 heterocycles. The van der Waals surface area contributed by atoms with Crippen molar-refractivity contribution in [2.24, 2.45) is 0 Å². The number of rotatable bonds is 7. The van der Waals surface area contributed by atoms with Crippen molar-refractivity contribution in [1.82, 2.24) is 10.2 Å². The normalized spacial score (nSPS) is 16.4. The first-order chi connectivity index (χ1) is 9.13. The molecular weight excluding hydrogens is 244 g/mol. The third kappa shape index (κ3) is 3.98. The highest BCUT2D eigenvalue weighted by atomic mass is 16.5. The molecule has 19 heavy (non-hydrogen) atoms. The van der Waals surface area contributed by atoms with Gasteiger partial charge in [0, 0.05) is 12.5 Å². The number of hydrogen-bond donors (Lipinski definition) is 1. The summed E-state index contributed by atoms with van der Waals surface area (Å²) in [6.07, 6.45) is 4.77. The summed E-state index contributed by atoms with van der Waals surface area (Å²) in [5, 5.41) is 2.14. The molecule has 0 aliphatic carbocycles. The number of carbonyl (C=O) groups excluding carboxylic acids is 2. The summed E-state index contributed by atoms with van der Waals surface area (Å²) in [7, 11) is 0. The van der Waals surface area contributed by atoms with Crippen LogP contribution < -0.4 is 5.32 Å². The van der Waals surface area contributed by atoms with Crippen LogP contribution in [0.25, 0.3) is 0 Å². The number of imide groups is 1. The van der Waals surface area contributed by atoms with Crippen LogP contribution in [0, 0.1) is 0 Å². The van der Waals surface area contributed by atoms with E-state index >= 15 is 0 Å². The van der Waals surface area contributed by atoms with Crippen molar-refractivity contribution in [3.63, 3.8) is 0 Å². The van der Waals surface area contributed by atoms with Crippen molar-refractivity contribution in [3.8, 4) is 0 Å². The fraction of sp³-hybridized carbons (Fsp3) is 0.429. The number of hydrogen-bond acceptors (Lipinski definition) is 4. The molecule has 0 spiro atoms. The van der Waals surface area contributed by atoms with E-state index in [0.717, 1.165) is 12.2 Å². The summed E-state index contributed by atoms with van der Waals surface area (Å²) >= 11 is 0. The molecule has 1 aliphatic rings. The lowest BCUT2D eigenvalue weighted by atomic mass is 10.1. The molecular formula is C14H20N2O3. The summed E-state index contributed by atoms with van der Waals surface area (Å²) in [5.41, 5.74) is 0.893. The average Bonchev–Trinajstić information content (AvgIpc) is 2.44. The molecule has 1 unspecified atom stereocenters. The lowest BCUT2D eigenvalue weighted by Gasteiger charge is -2.36. The maximum absolute atomic E-state index is 11.3.